The lowest BCUT2D eigenvalue weighted by Crippen LogP contribution is -2.14. The minimum atomic E-state index is 0.215. The highest BCUT2D eigenvalue weighted by atomic mass is 16.5. The molecule has 0 spiro atoms. The van der Waals surface area contributed by atoms with E-state index in [9.17, 15) is 0 Å². The van der Waals surface area contributed by atoms with Gasteiger partial charge in [-0.25, -0.2) is 4.98 Å². The molecular formula is C14H26N4O2. The van der Waals surface area contributed by atoms with Crippen LogP contribution in [0, 0.1) is 0 Å². The van der Waals surface area contributed by atoms with Crippen LogP contribution >= 0.6 is 0 Å². The molecule has 0 amide bonds. The van der Waals surface area contributed by atoms with Crippen molar-refractivity contribution in [3.63, 3.8) is 0 Å². The minimum absolute atomic E-state index is 0.215. The molecule has 0 fully saturated rings. The van der Waals surface area contributed by atoms with Gasteiger partial charge in [0, 0.05) is 19.6 Å². The first kappa shape index (κ1) is 16.5. The lowest BCUT2D eigenvalue weighted by molar-refractivity contribution is 0.144. The van der Waals surface area contributed by atoms with E-state index in [1.807, 2.05) is 13.8 Å². The molecule has 6 nitrogen and oxygen atoms in total. The zero-order chi connectivity index (χ0) is 15.0. The first-order chi connectivity index (χ1) is 9.60. The molecule has 0 aliphatic carbocycles. The quantitative estimate of drug-likeness (QED) is 0.677. The number of nitrogens with one attached hydrogen (secondary N) is 1. The zero-order valence-electron chi connectivity index (χ0n) is 12.9. The van der Waals surface area contributed by atoms with Gasteiger partial charge in [-0.3, -0.25) is 0 Å². The molecule has 0 saturated heterocycles. The highest BCUT2D eigenvalue weighted by Crippen LogP contribution is 2.28. The molecule has 3 N–H and O–H groups in total. The Morgan fingerprint density at radius 1 is 1.25 bits per heavy atom. The van der Waals surface area contributed by atoms with Gasteiger partial charge in [0.1, 0.15) is 18.1 Å². The molecule has 0 bridgehead atoms. The molecule has 0 atom stereocenters. The molecule has 0 saturated carbocycles. The van der Waals surface area contributed by atoms with Gasteiger partial charge in [-0.05, 0) is 6.42 Å². The molecule has 20 heavy (non-hydrogen) atoms. The number of ether oxygens (including phenoxy) is 2. The van der Waals surface area contributed by atoms with Crippen LogP contribution < -0.4 is 15.8 Å². The molecule has 0 aliphatic heterocycles. The topological polar surface area (TPSA) is 82.3 Å². The molecule has 0 aromatic carbocycles. The second-order valence-corrected chi connectivity index (χ2v) is 4.93. The SMILES string of the molecule is CCCCNc1nc(C(C)C)nc(OCCOC)c1N. The Bertz CT molecular complexity index is 379. The average Bonchev–Trinajstić information content (AvgIpc) is 2.42. The highest BCUT2D eigenvalue weighted by molar-refractivity contribution is 5.67. The Kier molecular flexibility index (Phi) is 7.08. The van der Waals surface area contributed by atoms with Gasteiger partial charge < -0.3 is 20.5 Å². The Morgan fingerprint density at radius 2 is 2.00 bits per heavy atom. The molecule has 0 radical (unpaired) electrons. The second-order valence-electron chi connectivity index (χ2n) is 4.93. The number of hydrogen-bond acceptors (Lipinski definition) is 6. The molecule has 1 rings (SSSR count). The highest BCUT2D eigenvalue weighted by Gasteiger charge is 2.14. The largest absolute Gasteiger partial charge is 0.474 e. The fraction of sp³-hybridized carbons (Fsp3) is 0.714. The third-order valence-corrected chi connectivity index (χ3v) is 2.79. The smallest absolute Gasteiger partial charge is 0.242 e. The minimum Gasteiger partial charge on any atom is -0.474 e. The summed E-state index contributed by atoms with van der Waals surface area (Å²) in [6.45, 7) is 7.99. The molecule has 0 unspecified atom stereocenters. The van der Waals surface area contributed by atoms with Crippen molar-refractivity contribution in [2.75, 3.05) is 37.9 Å². The van der Waals surface area contributed by atoms with Crippen LogP contribution in [0.15, 0.2) is 0 Å². The maximum atomic E-state index is 6.06. The number of unbranched alkanes of at least 4 members (excludes halogenated alkanes) is 1. The molecule has 114 valence electrons. The fourth-order valence-electron chi connectivity index (χ4n) is 1.57. The summed E-state index contributed by atoms with van der Waals surface area (Å²) in [4.78, 5) is 8.85. The number of hydrogen-bond donors (Lipinski definition) is 2. The van der Waals surface area contributed by atoms with Crippen molar-refractivity contribution in [2.24, 2.45) is 0 Å². The van der Waals surface area contributed by atoms with Crippen molar-refractivity contribution in [1.82, 2.24) is 9.97 Å². The maximum absolute atomic E-state index is 6.06. The van der Waals surface area contributed by atoms with Crippen molar-refractivity contribution in [1.29, 1.82) is 0 Å². The number of aromatic nitrogens is 2. The number of nitrogens with zero attached hydrogens (tertiary/aromatic N) is 2. The number of nitrogens with two attached hydrogens (primary N) is 1. The summed E-state index contributed by atoms with van der Waals surface area (Å²) in [6, 6.07) is 0. The Labute approximate surface area is 121 Å². The van der Waals surface area contributed by atoms with Crippen LogP contribution in [0.3, 0.4) is 0 Å². The summed E-state index contributed by atoms with van der Waals surface area (Å²) in [6.07, 6.45) is 2.19. The number of rotatable bonds is 9. The molecular weight excluding hydrogens is 256 g/mol. The average molecular weight is 282 g/mol. The molecule has 6 heteroatoms. The zero-order valence-corrected chi connectivity index (χ0v) is 12.9. The lowest BCUT2D eigenvalue weighted by atomic mass is 10.2. The third-order valence-electron chi connectivity index (χ3n) is 2.79. The summed E-state index contributed by atoms with van der Waals surface area (Å²) in [5, 5.41) is 3.25. The van der Waals surface area contributed by atoms with E-state index in [-0.39, 0.29) is 5.92 Å². The summed E-state index contributed by atoms with van der Waals surface area (Å²) in [7, 11) is 1.63. The predicted molar refractivity (Wildman–Crippen MR) is 81.3 cm³/mol. The van der Waals surface area contributed by atoms with E-state index in [1.54, 1.807) is 7.11 Å². The number of nitrogen functional groups attached to an aromatic ring is 1. The first-order valence-corrected chi connectivity index (χ1v) is 7.13. The molecule has 0 aliphatic rings. The standard InChI is InChI=1S/C14H26N4O2/c1-5-6-7-16-13-11(15)14(20-9-8-19-4)18-12(17-13)10(2)3/h10H,5-9,15H2,1-4H3,(H,16,17,18). The van der Waals surface area contributed by atoms with Gasteiger partial charge in [0.15, 0.2) is 5.82 Å². The van der Waals surface area contributed by atoms with E-state index < -0.39 is 0 Å². The van der Waals surface area contributed by atoms with E-state index >= 15 is 0 Å². The van der Waals surface area contributed by atoms with E-state index in [2.05, 4.69) is 22.2 Å². The van der Waals surface area contributed by atoms with Crippen LogP contribution in [0.2, 0.25) is 0 Å². The van der Waals surface area contributed by atoms with Crippen molar-refractivity contribution in [3.8, 4) is 5.88 Å². The van der Waals surface area contributed by atoms with E-state index in [0.717, 1.165) is 25.2 Å². The Hall–Kier alpha value is -1.56. The van der Waals surface area contributed by atoms with Crippen molar-refractivity contribution in [3.05, 3.63) is 5.82 Å². The monoisotopic (exact) mass is 282 g/mol. The third kappa shape index (κ3) is 4.85. The fourth-order valence-corrected chi connectivity index (χ4v) is 1.57. The van der Waals surface area contributed by atoms with Gasteiger partial charge in [-0.1, -0.05) is 27.2 Å². The molecule has 1 aromatic heterocycles. The van der Waals surface area contributed by atoms with Gasteiger partial charge in [-0.15, -0.1) is 0 Å². The lowest BCUT2D eigenvalue weighted by Gasteiger charge is -2.15. The van der Waals surface area contributed by atoms with E-state index in [4.69, 9.17) is 15.2 Å². The van der Waals surface area contributed by atoms with Gasteiger partial charge in [0.05, 0.1) is 6.61 Å². The summed E-state index contributed by atoms with van der Waals surface area (Å²) in [5.74, 6) is 2.03. The Balaban J connectivity index is 2.90. The second kappa shape index (κ2) is 8.58. The normalized spacial score (nSPS) is 10.8. The van der Waals surface area contributed by atoms with Gasteiger partial charge in [0.25, 0.3) is 0 Å². The van der Waals surface area contributed by atoms with E-state index in [0.29, 0.717) is 30.6 Å². The van der Waals surface area contributed by atoms with E-state index in [1.165, 1.54) is 0 Å². The van der Waals surface area contributed by atoms with Crippen LogP contribution in [0.4, 0.5) is 11.5 Å². The maximum Gasteiger partial charge on any atom is 0.242 e. The first-order valence-electron chi connectivity index (χ1n) is 7.13. The number of anilines is 2. The van der Waals surface area contributed by atoms with Crippen molar-refractivity contribution < 1.29 is 9.47 Å². The Morgan fingerprint density at radius 3 is 2.60 bits per heavy atom. The van der Waals surface area contributed by atoms with Crippen LogP contribution in [0.1, 0.15) is 45.4 Å². The van der Waals surface area contributed by atoms with Crippen LogP contribution in [-0.4, -0.2) is 36.8 Å². The predicted octanol–water partition coefficient (Wildman–Crippen LogP) is 2.42. The van der Waals surface area contributed by atoms with Gasteiger partial charge in [-0.2, -0.15) is 4.98 Å². The van der Waals surface area contributed by atoms with Crippen LogP contribution in [0.25, 0.3) is 0 Å². The van der Waals surface area contributed by atoms with Crippen LogP contribution in [-0.2, 0) is 4.74 Å². The van der Waals surface area contributed by atoms with Crippen LogP contribution in [0.5, 0.6) is 5.88 Å². The van der Waals surface area contributed by atoms with Crippen molar-refractivity contribution >= 4 is 11.5 Å². The van der Waals surface area contributed by atoms with Crippen molar-refractivity contribution in [2.45, 2.75) is 39.5 Å². The molecule has 1 heterocycles. The molecule has 1 aromatic rings. The summed E-state index contributed by atoms with van der Waals surface area (Å²) >= 11 is 0. The number of methoxy groups -OCH3 is 1. The van der Waals surface area contributed by atoms with Gasteiger partial charge in [0.2, 0.25) is 5.88 Å². The van der Waals surface area contributed by atoms with Gasteiger partial charge >= 0.3 is 0 Å². The summed E-state index contributed by atoms with van der Waals surface area (Å²) < 4.78 is 10.5. The summed E-state index contributed by atoms with van der Waals surface area (Å²) in [5.41, 5.74) is 6.52.